The largest absolute Gasteiger partial charge is 0.280 e. The molecule has 0 unspecified atom stereocenters. The van der Waals surface area contributed by atoms with Crippen LogP contribution in [0.2, 0.25) is 0 Å². The summed E-state index contributed by atoms with van der Waals surface area (Å²) in [5.74, 6) is -1.07. The number of hydrazone groups is 1. The fourth-order valence-electron chi connectivity index (χ4n) is 3.07. The Balaban J connectivity index is 1.72. The molecule has 0 radical (unpaired) electrons. The molecular weight excluding hydrogens is 509 g/mol. The van der Waals surface area contributed by atoms with E-state index in [4.69, 9.17) is 0 Å². The van der Waals surface area contributed by atoms with Gasteiger partial charge in [-0.15, -0.1) is 0 Å². The number of carbonyl (C=O) groups is 1. The first-order valence-electron chi connectivity index (χ1n) is 10.3. The zero-order valence-corrected chi connectivity index (χ0v) is 20.5. The third kappa shape index (κ3) is 5.12. The standard InChI is InChI=1S/C23H18FN5O5S2/c1-27(2)36(33,34)19-10-5-16(6-11-19)22(30)28(23-26-20-12-7-17(24)13-21(20)35-23)25-14-15-3-8-18(9-4-15)29(31)32/h3-14H,1-2H3/b25-14+. The van der Waals surface area contributed by atoms with E-state index in [1.807, 2.05) is 0 Å². The molecule has 1 heterocycles. The first-order valence-corrected chi connectivity index (χ1v) is 12.5. The molecular formula is C23H18FN5O5S2. The minimum absolute atomic E-state index is 0.0143. The highest BCUT2D eigenvalue weighted by molar-refractivity contribution is 7.89. The molecule has 13 heteroatoms. The van der Waals surface area contributed by atoms with Crippen LogP contribution in [-0.2, 0) is 10.0 Å². The van der Waals surface area contributed by atoms with Gasteiger partial charge in [-0.3, -0.25) is 14.9 Å². The summed E-state index contributed by atoms with van der Waals surface area (Å²) in [7, 11) is -0.880. The Morgan fingerprint density at radius 2 is 1.75 bits per heavy atom. The van der Waals surface area contributed by atoms with Crippen molar-refractivity contribution in [3.8, 4) is 0 Å². The molecule has 0 fully saturated rings. The van der Waals surface area contributed by atoms with Crippen molar-refractivity contribution in [3.05, 3.63) is 93.8 Å². The molecule has 1 aromatic heterocycles. The zero-order chi connectivity index (χ0) is 26.0. The maximum absolute atomic E-state index is 13.7. The quantitative estimate of drug-likeness (QED) is 0.201. The maximum Gasteiger partial charge on any atom is 0.280 e. The van der Waals surface area contributed by atoms with Gasteiger partial charge in [0.1, 0.15) is 5.82 Å². The van der Waals surface area contributed by atoms with Gasteiger partial charge in [0.2, 0.25) is 15.2 Å². The third-order valence-electron chi connectivity index (χ3n) is 5.02. The molecule has 0 spiro atoms. The van der Waals surface area contributed by atoms with Crippen molar-refractivity contribution in [2.75, 3.05) is 19.1 Å². The van der Waals surface area contributed by atoms with Gasteiger partial charge in [-0.05, 0) is 60.2 Å². The average Bonchev–Trinajstić information content (AvgIpc) is 3.27. The van der Waals surface area contributed by atoms with E-state index in [9.17, 15) is 27.7 Å². The molecule has 3 aromatic carbocycles. The molecule has 36 heavy (non-hydrogen) atoms. The smallest absolute Gasteiger partial charge is 0.267 e. The molecule has 1 amide bonds. The first kappa shape index (κ1) is 25.0. The molecule has 0 aliphatic heterocycles. The second kappa shape index (κ2) is 9.89. The monoisotopic (exact) mass is 527 g/mol. The number of hydrogen-bond donors (Lipinski definition) is 0. The number of rotatable bonds is 7. The van der Waals surface area contributed by atoms with Crippen LogP contribution in [0.5, 0.6) is 0 Å². The lowest BCUT2D eigenvalue weighted by atomic mass is 10.2. The molecule has 0 saturated carbocycles. The SMILES string of the molecule is CN(C)S(=O)(=O)c1ccc(C(=O)N(/N=C/c2ccc([N+](=O)[O-])cc2)c2nc3ccc(F)cc3s2)cc1. The second-order valence-electron chi connectivity index (χ2n) is 7.63. The summed E-state index contributed by atoms with van der Waals surface area (Å²) in [5.41, 5.74) is 0.991. The Bertz CT molecular complexity index is 1580. The van der Waals surface area contributed by atoms with Crippen molar-refractivity contribution >= 4 is 54.5 Å². The fourth-order valence-corrected chi connectivity index (χ4v) is 4.92. The third-order valence-corrected chi connectivity index (χ3v) is 7.84. The van der Waals surface area contributed by atoms with E-state index in [-0.39, 0.29) is 21.3 Å². The number of benzene rings is 3. The summed E-state index contributed by atoms with van der Waals surface area (Å²) in [5, 5.41) is 16.3. The van der Waals surface area contributed by atoms with Gasteiger partial charge in [0.25, 0.3) is 11.6 Å². The Morgan fingerprint density at radius 3 is 2.36 bits per heavy atom. The first-order chi connectivity index (χ1) is 17.1. The highest BCUT2D eigenvalue weighted by Gasteiger charge is 2.23. The van der Waals surface area contributed by atoms with Crippen LogP contribution in [0, 0.1) is 15.9 Å². The predicted molar refractivity (Wildman–Crippen MR) is 134 cm³/mol. The van der Waals surface area contributed by atoms with Crippen LogP contribution in [0.15, 0.2) is 76.7 Å². The summed E-state index contributed by atoms with van der Waals surface area (Å²) in [6, 6.07) is 14.9. The minimum atomic E-state index is -3.68. The number of fused-ring (bicyclic) bond motifs is 1. The van der Waals surface area contributed by atoms with E-state index in [0.717, 1.165) is 20.7 Å². The Hall–Kier alpha value is -4.07. The molecule has 4 rings (SSSR count). The van der Waals surface area contributed by atoms with Gasteiger partial charge >= 0.3 is 0 Å². The number of hydrogen-bond acceptors (Lipinski definition) is 8. The lowest BCUT2D eigenvalue weighted by molar-refractivity contribution is -0.384. The molecule has 10 nitrogen and oxygen atoms in total. The van der Waals surface area contributed by atoms with E-state index >= 15 is 0 Å². The highest BCUT2D eigenvalue weighted by Crippen LogP contribution is 2.31. The van der Waals surface area contributed by atoms with Crippen molar-refractivity contribution < 1.29 is 22.5 Å². The van der Waals surface area contributed by atoms with Crippen molar-refractivity contribution in [1.29, 1.82) is 0 Å². The molecule has 0 aliphatic rings. The number of nitrogens with zero attached hydrogens (tertiary/aromatic N) is 5. The zero-order valence-electron chi connectivity index (χ0n) is 18.9. The molecule has 0 N–H and O–H groups in total. The number of thiazole rings is 1. The van der Waals surface area contributed by atoms with Crippen molar-refractivity contribution in [3.63, 3.8) is 0 Å². The molecule has 4 aromatic rings. The summed E-state index contributed by atoms with van der Waals surface area (Å²) in [6.45, 7) is 0. The topological polar surface area (TPSA) is 126 Å². The molecule has 0 bridgehead atoms. The van der Waals surface area contributed by atoms with Crippen LogP contribution < -0.4 is 5.01 Å². The average molecular weight is 528 g/mol. The predicted octanol–water partition coefficient (Wildman–Crippen LogP) is 4.27. The summed E-state index contributed by atoms with van der Waals surface area (Å²) in [6.07, 6.45) is 1.33. The van der Waals surface area contributed by atoms with Crippen molar-refractivity contribution in [2.45, 2.75) is 4.90 Å². The number of non-ortho nitro benzene ring substituents is 1. The summed E-state index contributed by atoms with van der Waals surface area (Å²) in [4.78, 5) is 28.2. The Labute approximate surface area is 209 Å². The van der Waals surface area contributed by atoms with Crippen LogP contribution in [0.3, 0.4) is 0 Å². The number of anilines is 1. The number of aromatic nitrogens is 1. The van der Waals surface area contributed by atoms with E-state index in [2.05, 4.69) is 10.1 Å². The summed E-state index contributed by atoms with van der Waals surface area (Å²) < 4.78 is 39.9. The Kier molecular flexibility index (Phi) is 6.88. The number of halogens is 1. The molecule has 0 saturated heterocycles. The van der Waals surface area contributed by atoms with Gasteiger partial charge in [0, 0.05) is 31.8 Å². The number of nitro groups is 1. The highest BCUT2D eigenvalue weighted by atomic mass is 32.2. The molecule has 184 valence electrons. The van der Waals surface area contributed by atoms with Gasteiger partial charge in [-0.1, -0.05) is 11.3 Å². The van der Waals surface area contributed by atoms with Gasteiger partial charge in [-0.25, -0.2) is 22.1 Å². The van der Waals surface area contributed by atoms with E-state index in [1.165, 1.54) is 87.0 Å². The summed E-state index contributed by atoms with van der Waals surface area (Å²) >= 11 is 1.04. The van der Waals surface area contributed by atoms with E-state index in [0.29, 0.717) is 15.8 Å². The molecule has 0 aliphatic carbocycles. The lowest BCUT2D eigenvalue weighted by Crippen LogP contribution is -2.26. The minimum Gasteiger partial charge on any atom is -0.267 e. The second-order valence-corrected chi connectivity index (χ2v) is 10.8. The van der Waals surface area contributed by atoms with Crippen LogP contribution >= 0.6 is 11.3 Å². The number of carbonyl (C=O) groups excluding carboxylic acids is 1. The lowest BCUT2D eigenvalue weighted by Gasteiger charge is -2.15. The van der Waals surface area contributed by atoms with Gasteiger partial charge in [0.15, 0.2) is 0 Å². The number of sulfonamides is 1. The molecule has 0 atom stereocenters. The van der Waals surface area contributed by atoms with E-state index < -0.39 is 26.7 Å². The van der Waals surface area contributed by atoms with E-state index in [1.54, 1.807) is 0 Å². The van der Waals surface area contributed by atoms with Crippen LogP contribution in [0.1, 0.15) is 15.9 Å². The number of amides is 1. The normalized spacial score (nSPS) is 11.9. The Morgan fingerprint density at radius 1 is 1.08 bits per heavy atom. The van der Waals surface area contributed by atoms with Gasteiger partial charge in [-0.2, -0.15) is 10.1 Å². The van der Waals surface area contributed by atoms with Gasteiger partial charge < -0.3 is 0 Å². The van der Waals surface area contributed by atoms with Crippen LogP contribution in [0.4, 0.5) is 15.2 Å². The number of nitro benzene ring substituents is 1. The van der Waals surface area contributed by atoms with Gasteiger partial charge in [0.05, 0.1) is 26.3 Å². The van der Waals surface area contributed by atoms with Crippen molar-refractivity contribution in [1.82, 2.24) is 9.29 Å². The van der Waals surface area contributed by atoms with Crippen LogP contribution in [0.25, 0.3) is 10.2 Å². The fraction of sp³-hybridized carbons (Fsp3) is 0.0870. The maximum atomic E-state index is 13.7. The van der Waals surface area contributed by atoms with Crippen molar-refractivity contribution in [2.24, 2.45) is 5.10 Å². The van der Waals surface area contributed by atoms with Crippen LogP contribution in [-0.4, -0.2) is 48.8 Å².